The van der Waals surface area contributed by atoms with E-state index >= 15 is 0 Å². The van der Waals surface area contributed by atoms with E-state index in [9.17, 15) is 14.4 Å². The van der Waals surface area contributed by atoms with Gasteiger partial charge < -0.3 is 14.7 Å². The highest BCUT2D eigenvalue weighted by Gasteiger charge is 2.33. The van der Waals surface area contributed by atoms with Crippen LogP contribution in [0.25, 0.3) is 0 Å². The molecule has 0 saturated carbocycles. The number of nitrogens with zero attached hydrogens (tertiary/aromatic N) is 1. The Bertz CT molecular complexity index is 399. The molecule has 1 aliphatic rings. The molecule has 0 aromatic heterocycles. The fourth-order valence-electron chi connectivity index (χ4n) is 2.32. The zero-order chi connectivity index (χ0) is 15.5. The minimum Gasteiger partial charge on any atom is -0.476 e. The number of carboxylic acid groups (broad SMARTS) is 1. The number of Topliss-reactive ketones (excluding diaryl/α,β-unsaturated/α-hetero) is 1. The van der Waals surface area contributed by atoms with E-state index in [-0.39, 0.29) is 24.3 Å². The lowest BCUT2D eigenvalue weighted by Crippen LogP contribution is -2.45. The van der Waals surface area contributed by atoms with Gasteiger partial charge in [-0.15, -0.1) is 0 Å². The molecule has 1 N–H and O–H groups in total. The van der Waals surface area contributed by atoms with Gasteiger partial charge in [0.05, 0.1) is 0 Å². The number of carbonyl (C=O) groups excluding carboxylic acids is 2. The molecule has 1 heterocycles. The van der Waals surface area contributed by atoms with Crippen LogP contribution in [0.2, 0.25) is 0 Å². The summed E-state index contributed by atoms with van der Waals surface area (Å²) in [5.74, 6) is -2.05. The smallest absolute Gasteiger partial charge is 0.410 e. The molecule has 0 aliphatic carbocycles. The zero-order valence-corrected chi connectivity index (χ0v) is 12.5. The van der Waals surface area contributed by atoms with Gasteiger partial charge in [-0.1, -0.05) is 6.92 Å². The Labute approximate surface area is 119 Å². The van der Waals surface area contributed by atoms with E-state index in [4.69, 9.17) is 9.84 Å². The monoisotopic (exact) mass is 285 g/mol. The lowest BCUT2D eigenvalue weighted by atomic mass is 9.83. The predicted octanol–water partition coefficient (Wildman–Crippen LogP) is 1.92. The average Bonchev–Trinajstić information content (AvgIpc) is 2.29. The number of ether oxygens (including phenoxy) is 1. The summed E-state index contributed by atoms with van der Waals surface area (Å²) < 4.78 is 5.31. The normalized spacial score (nSPS) is 23.3. The zero-order valence-electron chi connectivity index (χ0n) is 12.5. The molecule has 1 saturated heterocycles. The molecule has 0 bridgehead atoms. The van der Waals surface area contributed by atoms with Crippen molar-refractivity contribution < 1.29 is 24.2 Å². The first kappa shape index (κ1) is 16.5. The molecule has 0 radical (unpaired) electrons. The van der Waals surface area contributed by atoms with Crippen LogP contribution in [0.15, 0.2) is 0 Å². The molecule has 1 fully saturated rings. The molecule has 0 spiro atoms. The fraction of sp³-hybridized carbons (Fsp3) is 0.786. The van der Waals surface area contributed by atoms with E-state index in [1.165, 1.54) is 0 Å². The first-order valence-electron chi connectivity index (χ1n) is 6.84. The van der Waals surface area contributed by atoms with Crippen molar-refractivity contribution in [1.29, 1.82) is 0 Å². The van der Waals surface area contributed by atoms with Crippen LogP contribution in [0.4, 0.5) is 4.79 Å². The van der Waals surface area contributed by atoms with Gasteiger partial charge in [0.1, 0.15) is 5.60 Å². The second-order valence-electron chi connectivity index (χ2n) is 6.38. The van der Waals surface area contributed by atoms with E-state index in [0.29, 0.717) is 19.5 Å². The van der Waals surface area contributed by atoms with Gasteiger partial charge in [-0.2, -0.15) is 0 Å². The van der Waals surface area contributed by atoms with Crippen molar-refractivity contribution >= 4 is 17.8 Å². The van der Waals surface area contributed by atoms with Gasteiger partial charge in [0.15, 0.2) is 0 Å². The van der Waals surface area contributed by atoms with Crippen LogP contribution in [0.3, 0.4) is 0 Å². The molecule has 20 heavy (non-hydrogen) atoms. The number of likely N-dealkylation sites (tertiary alicyclic amines) is 1. The Morgan fingerprint density at radius 3 is 2.35 bits per heavy atom. The summed E-state index contributed by atoms with van der Waals surface area (Å²) in [5, 5.41) is 8.63. The quantitative estimate of drug-likeness (QED) is 0.801. The summed E-state index contributed by atoms with van der Waals surface area (Å²) in [6.07, 6.45) is 0.310. The third-order valence-electron chi connectivity index (χ3n) is 3.42. The van der Waals surface area contributed by atoms with Gasteiger partial charge >= 0.3 is 12.1 Å². The Balaban J connectivity index is 2.53. The maximum Gasteiger partial charge on any atom is 0.410 e. The summed E-state index contributed by atoms with van der Waals surface area (Å²) in [4.78, 5) is 35.4. The molecule has 6 nitrogen and oxygen atoms in total. The number of amides is 1. The van der Waals surface area contributed by atoms with E-state index in [2.05, 4.69) is 0 Å². The molecule has 1 amide bonds. The molecule has 1 rings (SSSR count). The van der Waals surface area contributed by atoms with Gasteiger partial charge in [-0.25, -0.2) is 9.59 Å². The number of aliphatic carboxylic acids is 1. The van der Waals surface area contributed by atoms with Crippen molar-refractivity contribution in [1.82, 2.24) is 4.90 Å². The second kappa shape index (κ2) is 6.24. The second-order valence-corrected chi connectivity index (χ2v) is 6.38. The van der Waals surface area contributed by atoms with E-state index in [1.807, 2.05) is 27.7 Å². The maximum atomic E-state index is 11.9. The Kier molecular flexibility index (Phi) is 5.14. The first-order valence-corrected chi connectivity index (χ1v) is 6.84. The number of carbonyl (C=O) groups is 3. The molecule has 0 aromatic carbocycles. The molecule has 0 aromatic rings. The van der Waals surface area contributed by atoms with E-state index in [1.54, 1.807) is 4.90 Å². The number of hydrogen-bond acceptors (Lipinski definition) is 4. The van der Waals surface area contributed by atoms with Crippen LogP contribution < -0.4 is 0 Å². The topological polar surface area (TPSA) is 83.9 Å². The van der Waals surface area contributed by atoms with Gasteiger partial charge in [0.25, 0.3) is 0 Å². The highest BCUT2D eigenvalue weighted by atomic mass is 16.6. The lowest BCUT2D eigenvalue weighted by Gasteiger charge is -2.37. The summed E-state index contributed by atoms with van der Waals surface area (Å²) in [5.41, 5.74) is -0.531. The van der Waals surface area contributed by atoms with Crippen LogP contribution in [0, 0.1) is 11.8 Å². The van der Waals surface area contributed by atoms with Gasteiger partial charge in [0, 0.05) is 19.5 Å². The third-order valence-corrected chi connectivity index (χ3v) is 3.42. The van der Waals surface area contributed by atoms with Crippen molar-refractivity contribution in [3.05, 3.63) is 0 Å². The largest absolute Gasteiger partial charge is 0.476 e. The average molecular weight is 285 g/mol. The third kappa shape index (κ3) is 4.83. The van der Waals surface area contributed by atoms with Crippen LogP contribution in [0.5, 0.6) is 0 Å². The Morgan fingerprint density at radius 1 is 1.30 bits per heavy atom. The molecular weight excluding hydrogens is 262 g/mol. The molecule has 6 heteroatoms. The van der Waals surface area contributed by atoms with Crippen molar-refractivity contribution in [2.75, 3.05) is 13.1 Å². The van der Waals surface area contributed by atoms with Crippen LogP contribution in [-0.4, -0.2) is 46.5 Å². The molecule has 1 aliphatic heterocycles. The number of piperidine rings is 1. The highest BCUT2D eigenvalue weighted by Crippen LogP contribution is 2.27. The van der Waals surface area contributed by atoms with E-state index < -0.39 is 17.4 Å². The Hall–Kier alpha value is -1.59. The fourth-order valence-corrected chi connectivity index (χ4v) is 2.32. The van der Waals surface area contributed by atoms with Crippen LogP contribution in [-0.2, 0) is 14.3 Å². The molecule has 2 atom stereocenters. The van der Waals surface area contributed by atoms with Crippen molar-refractivity contribution in [3.63, 3.8) is 0 Å². The van der Waals surface area contributed by atoms with Gasteiger partial charge in [-0.05, 0) is 39.0 Å². The molecular formula is C14H23NO5. The summed E-state index contributed by atoms with van der Waals surface area (Å²) >= 11 is 0. The minimum absolute atomic E-state index is 0.0114. The molecule has 114 valence electrons. The van der Waals surface area contributed by atoms with Crippen LogP contribution >= 0.6 is 0 Å². The predicted molar refractivity (Wildman–Crippen MR) is 72.3 cm³/mol. The number of carboxylic acids is 1. The number of hydrogen-bond donors (Lipinski definition) is 1. The van der Waals surface area contributed by atoms with Crippen molar-refractivity contribution in [2.24, 2.45) is 11.8 Å². The minimum atomic E-state index is -1.38. The van der Waals surface area contributed by atoms with Crippen LogP contribution in [0.1, 0.15) is 40.5 Å². The summed E-state index contributed by atoms with van der Waals surface area (Å²) in [6, 6.07) is 0. The van der Waals surface area contributed by atoms with E-state index in [0.717, 1.165) is 0 Å². The van der Waals surface area contributed by atoms with Crippen molar-refractivity contribution in [2.45, 2.75) is 46.1 Å². The highest BCUT2D eigenvalue weighted by molar-refractivity contribution is 6.32. The lowest BCUT2D eigenvalue weighted by molar-refractivity contribution is -0.149. The SMILES string of the molecule is CC1CN(C(=O)OC(C)(C)C)CCC1CC(=O)C(=O)O. The summed E-state index contributed by atoms with van der Waals surface area (Å²) in [6.45, 7) is 8.35. The standard InChI is InChI=1S/C14H23NO5/c1-9-8-15(13(19)20-14(2,3)4)6-5-10(9)7-11(16)12(17)18/h9-10H,5-8H2,1-4H3,(H,17,18). The van der Waals surface area contributed by atoms with Gasteiger partial charge in [0.2, 0.25) is 5.78 Å². The first-order chi connectivity index (χ1) is 9.10. The number of ketones is 1. The number of rotatable bonds is 3. The summed E-state index contributed by atoms with van der Waals surface area (Å²) in [7, 11) is 0. The van der Waals surface area contributed by atoms with Crippen molar-refractivity contribution in [3.8, 4) is 0 Å². The molecule has 2 unspecified atom stereocenters. The van der Waals surface area contributed by atoms with Gasteiger partial charge in [-0.3, -0.25) is 4.79 Å². The Morgan fingerprint density at radius 2 is 1.90 bits per heavy atom. The maximum absolute atomic E-state index is 11.9.